The number of carbonyl (C=O) groups is 1. The van der Waals surface area contributed by atoms with Gasteiger partial charge in [-0.3, -0.25) is 4.79 Å². The largest absolute Gasteiger partial charge is 0.335 e. The molecule has 5 nitrogen and oxygen atoms in total. The number of amides is 1. The summed E-state index contributed by atoms with van der Waals surface area (Å²) in [4.78, 5) is 17.2. The zero-order valence-electron chi connectivity index (χ0n) is 14.5. The van der Waals surface area contributed by atoms with Crippen LogP contribution in [0.25, 0.3) is 22.4 Å². The molecule has 2 aromatic carbocycles. The first-order chi connectivity index (χ1) is 13.4. The van der Waals surface area contributed by atoms with Crippen LogP contribution in [-0.4, -0.2) is 16.0 Å². The minimum atomic E-state index is -0.593. The van der Waals surface area contributed by atoms with Gasteiger partial charge in [-0.15, -0.1) is 0 Å². The van der Waals surface area contributed by atoms with Gasteiger partial charge in [0.2, 0.25) is 0 Å². The van der Waals surface area contributed by atoms with Crippen LogP contribution in [-0.2, 0) is 0 Å². The molecule has 0 radical (unpaired) electrons. The molecule has 2 aromatic heterocycles. The molecule has 28 heavy (non-hydrogen) atoms. The van der Waals surface area contributed by atoms with Crippen molar-refractivity contribution in [3.05, 3.63) is 75.9 Å². The summed E-state index contributed by atoms with van der Waals surface area (Å²) in [6.07, 6.45) is 0. The van der Waals surface area contributed by atoms with Crippen LogP contribution in [0.4, 0.5) is 14.5 Å². The van der Waals surface area contributed by atoms with Crippen LogP contribution in [0.15, 0.2) is 57.5 Å². The number of nitrogens with zero attached hydrogens (tertiary/aromatic N) is 2. The van der Waals surface area contributed by atoms with Crippen molar-refractivity contribution in [2.75, 3.05) is 5.32 Å². The number of carbonyl (C=O) groups excluding carboxylic acids is 1. The number of hydrogen-bond donors (Lipinski definition) is 1. The summed E-state index contributed by atoms with van der Waals surface area (Å²) in [5.41, 5.74) is 1.14. The van der Waals surface area contributed by atoms with E-state index in [1.54, 1.807) is 31.2 Å². The second-order valence-corrected chi connectivity index (χ2v) is 6.98. The molecular formula is C20H12BrF2N3O2. The highest BCUT2D eigenvalue weighted by molar-refractivity contribution is 9.10. The zero-order valence-corrected chi connectivity index (χ0v) is 16.0. The first kappa shape index (κ1) is 18.2. The molecule has 140 valence electrons. The van der Waals surface area contributed by atoms with Crippen LogP contribution in [0, 0.1) is 18.6 Å². The standard InChI is InChI=1S/C20H12BrF2N3O2/c1-10-18-13(19(27)24-16-7-6-11(21)8-15(16)23)9-17(25-20(18)28-26-10)12-4-2-3-5-14(12)22/h2-9H,1H3,(H,24,27). The van der Waals surface area contributed by atoms with Gasteiger partial charge in [0.1, 0.15) is 11.6 Å². The molecule has 1 N–H and O–H groups in total. The lowest BCUT2D eigenvalue weighted by Gasteiger charge is -2.09. The third-order valence-corrected chi connectivity index (χ3v) is 4.68. The average Bonchev–Trinajstić information content (AvgIpc) is 3.04. The molecule has 0 aliphatic carbocycles. The molecule has 0 aliphatic heterocycles. The highest BCUT2D eigenvalue weighted by atomic mass is 79.9. The molecule has 1 amide bonds. The smallest absolute Gasteiger partial charge is 0.259 e. The van der Waals surface area contributed by atoms with Gasteiger partial charge >= 0.3 is 0 Å². The molecular weight excluding hydrogens is 432 g/mol. The molecule has 0 fully saturated rings. The van der Waals surface area contributed by atoms with Gasteiger partial charge in [-0.25, -0.2) is 13.8 Å². The van der Waals surface area contributed by atoms with E-state index in [4.69, 9.17) is 4.52 Å². The fraction of sp³-hybridized carbons (Fsp3) is 0.0500. The van der Waals surface area contributed by atoms with E-state index < -0.39 is 17.5 Å². The molecule has 0 bridgehead atoms. The number of aryl methyl sites for hydroxylation is 1. The molecule has 4 rings (SSSR count). The maximum Gasteiger partial charge on any atom is 0.259 e. The number of halogens is 3. The van der Waals surface area contributed by atoms with E-state index in [1.165, 1.54) is 24.3 Å². The minimum absolute atomic E-state index is 0.0136. The normalized spacial score (nSPS) is 11.0. The van der Waals surface area contributed by atoms with Crippen molar-refractivity contribution in [1.82, 2.24) is 10.1 Å². The third kappa shape index (κ3) is 3.27. The van der Waals surface area contributed by atoms with Crippen LogP contribution in [0.1, 0.15) is 16.1 Å². The van der Waals surface area contributed by atoms with Crippen LogP contribution < -0.4 is 5.32 Å². The highest BCUT2D eigenvalue weighted by Crippen LogP contribution is 2.29. The molecule has 0 atom stereocenters. The first-order valence-electron chi connectivity index (χ1n) is 8.22. The lowest BCUT2D eigenvalue weighted by Crippen LogP contribution is -2.14. The van der Waals surface area contributed by atoms with Gasteiger partial charge in [-0.05, 0) is 43.3 Å². The zero-order chi connectivity index (χ0) is 19.8. The Hall–Kier alpha value is -3.13. The van der Waals surface area contributed by atoms with Crippen molar-refractivity contribution in [2.45, 2.75) is 6.92 Å². The molecule has 4 aromatic rings. The Balaban J connectivity index is 1.84. The first-order valence-corrected chi connectivity index (χ1v) is 9.01. The van der Waals surface area contributed by atoms with Crippen LogP contribution in [0.3, 0.4) is 0 Å². The maximum atomic E-state index is 14.2. The molecule has 0 unspecified atom stereocenters. The summed E-state index contributed by atoms with van der Waals surface area (Å²) in [6, 6.07) is 11.8. The lowest BCUT2D eigenvalue weighted by atomic mass is 10.0. The van der Waals surface area contributed by atoms with E-state index in [2.05, 4.69) is 31.4 Å². The van der Waals surface area contributed by atoms with Crippen LogP contribution >= 0.6 is 15.9 Å². The predicted octanol–water partition coefficient (Wildman–Crippen LogP) is 5.49. The number of fused-ring (bicyclic) bond motifs is 1. The molecule has 0 spiro atoms. The number of hydrogen-bond acceptors (Lipinski definition) is 4. The Labute approximate surface area is 166 Å². The van der Waals surface area contributed by atoms with Crippen molar-refractivity contribution in [2.24, 2.45) is 0 Å². The molecule has 0 saturated carbocycles. The van der Waals surface area contributed by atoms with Gasteiger partial charge in [0.15, 0.2) is 0 Å². The number of benzene rings is 2. The van der Waals surface area contributed by atoms with E-state index in [-0.39, 0.29) is 28.2 Å². The summed E-state index contributed by atoms with van der Waals surface area (Å²) in [5, 5.41) is 6.76. The van der Waals surface area contributed by atoms with E-state index in [1.807, 2.05) is 0 Å². The SMILES string of the molecule is Cc1noc2nc(-c3ccccc3F)cc(C(=O)Nc3ccc(Br)cc3F)c12. The van der Waals surface area contributed by atoms with Crippen molar-refractivity contribution in [3.63, 3.8) is 0 Å². The third-order valence-electron chi connectivity index (χ3n) is 4.19. The van der Waals surface area contributed by atoms with Crippen LogP contribution in [0.5, 0.6) is 0 Å². The number of nitrogens with one attached hydrogen (secondary N) is 1. The Morgan fingerprint density at radius 3 is 2.64 bits per heavy atom. The minimum Gasteiger partial charge on any atom is -0.335 e. The summed E-state index contributed by atoms with van der Waals surface area (Å²) in [6.45, 7) is 1.66. The Kier molecular flexibility index (Phi) is 4.64. The maximum absolute atomic E-state index is 14.2. The summed E-state index contributed by atoms with van der Waals surface area (Å²) in [5.74, 6) is -1.67. The lowest BCUT2D eigenvalue weighted by molar-refractivity contribution is 0.102. The number of rotatable bonds is 3. The van der Waals surface area contributed by atoms with Crippen LogP contribution in [0.2, 0.25) is 0 Å². The molecule has 2 heterocycles. The monoisotopic (exact) mass is 443 g/mol. The highest BCUT2D eigenvalue weighted by Gasteiger charge is 2.21. The van der Waals surface area contributed by atoms with Gasteiger partial charge in [0.05, 0.1) is 28.0 Å². The second-order valence-electron chi connectivity index (χ2n) is 6.06. The predicted molar refractivity (Wildman–Crippen MR) is 104 cm³/mol. The quantitative estimate of drug-likeness (QED) is 0.454. The summed E-state index contributed by atoms with van der Waals surface area (Å²) in [7, 11) is 0. The van der Waals surface area contributed by atoms with Crippen molar-refractivity contribution in [3.8, 4) is 11.3 Å². The molecule has 8 heteroatoms. The molecule has 0 aliphatic rings. The second kappa shape index (κ2) is 7.12. The fourth-order valence-electron chi connectivity index (χ4n) is 2.86. The fourth-order valence-corrected chi connectivity index (χ4v) is 3.19. The van der Waals surface area contributed by atoms with Crippen molar-refractivity contribution < 1.29 is 18.1 Å². The van der Waals surface area contributed by atoms with E-state index in [0.717, 1.165) is 0 Å². The summed E-state index contributed by atoms with van der Waals surface area (Å²) >= 11 is 3.17. The summed E-state index contributed by atoms with van der Waals surface area (Å²) < 4.78 is 34.1. The average molecular weight is 444 g/mol. The van der Waals surface area contributed by atoms with Gasteiger partial charge in [0, 0.05) is 10.0 Å². The van der Waals surface area contributed by atoms with Gasteiger partial charge in [-0.1, -0.05) is 33.2 Å². The van der Waals surface area contributed by atoms with Gasteiger partial charge < -0.3 is 9.84 Å². The number of pyridine rings is 1. The topological polar surface area (TPSA) is 68.0 Å². The van der Waals surface area contributed by atoms with Gasteiger partial charge in [-0.2, -0.15) is 0 Å². The Morgan fingerprint density at radius 1 is 1.11 bits per heavy atom. The van der Waals surface area contributed by atoms with Crippen molar-refractivity contribution >= 4 is 38.6 Å². The van der Waals surface area contributed by atoms with E-state index in [9.17, 15) is 13.6 Å². The Bertz CT molecular complexity index is 1220. The van der Waals surface area contributed by atoms with E-state index >= 15 is 0 Å². The molecule has 0 saturated heterocycles. The van der Waals surface area contributed by atoms with Crippen molar-refractivity contribution in [1.29, 1.82) is 0 Å². The Morgan fingerprint density at radius 2 is 1.89 bits per heavy atom. The van der Waals surface area contributed by atoms with E-state index in [0.29, 0.717) is 15.6 Å². The number of anilines is 1. The number of aromatic nitrogens is 2. The van der Waals surface area contributed by atoms with Gasteiger partial charge in [0.25, 0.3) is 11.6 Å².